The molecule has 1 aromatic carbocycles. The van der Waals surface area contributed by atoms with Gasteiger partial charge in [0.15, 0.2) is 0 Å². The van der Waals surface area contributed by atoms with E-state index in [0.29, 0.717) is 25.1 Å². The van der Waals surface area contributed by atoms with E-state index in [1.54, 1.807) is 19.1 Å². The number of amides is 2. The van der Waals surface area contributed by atoms with Gasteiger partial charge in [-0.15, -0.1) is 0 Å². The molecule has 0 spiro atoms. The van der Waals surface area contributed by atoms with Crippen LogP contribution in [0.3, 0.4) is 0 Å². The normalized spacial score (nSPS) is 18.4. The van der Waals surface area contributed by atoms with Gasteiger partial charge in [0.1, 0.15) is 0 Å². The van der Waals surface area contributed by atoms with Crippen LogP contribution in [0.5, 0.6) is 0 Å². The van der Waals surface area contributed by atoms with E-state index >= 15 is 0 Å². The van der Waals surface area contributed by atoms with E-state index in [4.69, 9.17) is 10.5 Å². The second-order valence-electron chi connectivity index (χ2n) is 6.00. The van der Waals surface area contributed by atoms with Crippen LogP contribution in [0.15, 0.2) is 24.3 Å². The average molecular weight is 319 g/mol. The number of benzene rings is 1. The molecule has 2 amide bonds. The first kappa shape index (κ1) is 17.4. The molecule has 126 valence electrons. The quantitative estimate of drug-likeness (QED) is 0.697. The van der Waals surface area contributed by atoms with Crippen molar-refractivity contribution in [2.75, 3.05) is 13.2 Å². The lowest BCUT2D eigenvalue weighted by molar-refractivity contribution is -0.121. The number of hydrogen-bond donors (Lipinski definition) is 3. The Morgan fingerprint density at radius 1 is 1.39 bits per heavy atom. The first-order chi connectivity index (χ1) is 11.0. The number of hydrogen-bond acceptors (Lipinski definition) is 4. The van der Waals surface area contributed by atoms with Gasteiger partial charge in [-0.3, -0.25) is 9.59 Å². The number of nitrogens with two attached hydrogens (primary N) is 1. The second-order valence-corrected chi connectivity index (χ2v) is 6.00. The van der Waals surface area contributed by atoms with Crippen LogP contribution >= 0.6 is 0 Å². The minimum absolute atomic E-state index is 0.0896. The fourth-order valence-corrected chi connectivity index (χ4v) is 2.50. The molecule has 0 bridgehead atoms. The summed E-state index contributed by atoms with van der Waals surface area (Å²) in [7, 11) is 0. The zero-order valence-corrected chi connectivity index (χ0v) is 13.5. The third-order valence-electron chi connectivity index (χ3n) is 3.70. The Kier molecular flexibility index (Phi) is 6.55. The monoisotopic (exact) mass is 319 g/mol. The number of nitrogens with one attached hydrogen (secondary N) is 2. The molecule has 4 N–H and O–H groups in total. The molecular formula is C17H25N3O3. The Balaban J connectivity index is 1.83. The van der Waals surface area contributed by atoms with Crippen molar-refractivity contribution in [1.29, 1.82) is 0 Å². The van der Waals surface area contributed by atoms with E-state index in [1.807, 2.05) is 12.1 Å². The third-order valence-corrected chi connectivity index (χ3v) is 3.70. The molecule has 2 rings (SSSR count). The van der Waals surface area contributed by atoms with Gasteiger partial charge in [0.25, 0.3) is 5.91 Å². The summed E-state index contributed by atoms with van der Waals surface area (Å²) in [6, 6.07) is 7.08. The lowest BCUT2D eigenvalue weighted by Gasteiger charge is -2.12. The van der Waals surface area contributed by atoms with Crippen molar-refractivity contribution in [2.24, 2.45) is 5.73 Å². The van der Waals surface area contributed by atoms with Gasteiger partial charge < -0.3 is 21.1 Å². The van der Waals surface area contributed by atoms with Crippen molar-refractivity contribution in [3.8, 4) is 0 Å². The third kappa shape index (κ3) is 6.00. The van der Waals surface area contributed by atoms with Crippen LogP contribution in [-0.2, 0) is 16.1 Å². The lowest BCUT2D eigenvalue weighted by Crippen LogP contribution is -2.32. The number of carbonyl (C=O) groups is 2. The number of rotatable bonds is 7. The Morgan fingerprint density at radius 3 is 2.91 bits per heavy atom. The maximum absolute atomic E-state index is 12.2. The Bertz CT molecular complexity index is 540. The standard InChI is InChI=1S/C17H25N3O3/c1-12(18)8-16(21)19-10-13-4-2-5-14(9-13)17(22)20-11-15-6-3-7-23-15/h2,4-5,9,12,15H,3,6-8,10-11,18H2,1H3,(H,19,21)(H,20,22). The van der Waals surface area contributed by atoms with Crippen LogP contribution in [0.4, 0.5) is 0 Å². The maximum atomic E-state index is 12.2. The first-order valence-electron chi connectivity index (χ1n) is 8.05. The van der Waals surface area contributed by atoms with E-state index in [-0.39, 0.29) is 24.0 Å². The van der Waals surface area contributed by atoms with Crippen molar-refractivity contribution in [3.05, 3.63) is 35.4 Å². The van der Waals surface area contributed by atoms with Crippen LogP contribution in [-0.4, -0.2) is 37.1 Å². The molecule has 23 heavy (non-hydrogen) atoms. The molecular weight excluding hydrogens is 294 g/mol. The zero-order chi connectivity index (χ0) is 16.7. The molecule has 2 atom stereocenters. The highest BCUT2D eigenvalue weighted by molar-refractivity contribution is 5.94. The summed E-state index contributed by atoms with van der Waals surface area (Å²) >= 11 is 0. The van der Waals surface area contributed by atoms with Crippen molar-refractivity contribution in [1.82, 2.24) is 10.6 Å². The zero-order valence-electron chi connectivity index (χ0n) is 13.5. The number of ether oxygens (including phenoxy) is 1. The van der Waals surface area contributed by atoms with Crippen molar-refractivity contribution in [2.45, 2.75) is 44.9 Å². The molecule has 6 nitrogen and oxygen atoms in total. The molecule has 0 radical (unpaired) electrons. The Labute approximate surface area is 136 Å². The molecule has 6 heteroatoms. The summed E-state index contributed by atoms with van der Waals surface area (Å²) in [4.78, 5) is 23.8. The van der Waals surface area contributed by atoms with Crippen LogP contribution in [0.2, 0.25) is 0 Å². The van der Waals surface area contributed by atoms with Crippen molar-refractivity contribution < 1.29 is 14.3 Å². The summed E-state index contributed by atoms with van der Waals surface area (Å²) in [6.45, 7) is 3.49. The van der Waals surface area contributed by atoms with E-state index in [2.05, 4.69) is 10.6 Å². The molecule has 1 aromatic rings. The molecule has 1 saturated heterocycles. The van der Waals surface area contributed by atoms with Gasteiger partial charge >= 0.3 is 0 Å². The Hall–Kier alpha value is -1.92. The smallest absolute Gasteiger partial charge is 0.251 e. The van der Waals surface area contributed by atoms with Gasteiger partial charge in [0.05, 0.1) is 6.10 Å². The highest BCUT2D eigenvalue weighted by atomic mass is 16.5. The van der Waals surface area contributed by atoms with Gasteiger partial charge in [0, 0.05) is 37.7 Å². The maximum Gasteiger partial charge on any atom is 0.251 e. The van der Waals surface area contributed by atoms with E-state index in [0.717, 1.165) is 25.0 Å². The summed E-state index contributed by atoms with van der Waals surface area (Å²) in [5, 5.41) is 5.69. The molecule has 0 aliphatic carbocycles. The average Bonchev–Trinajstić information content (AvgIpc) is 3.03. The van der Waals surface area contributed by atoms with Gasteiger partial charge in [-0.2, -0.15) is 0 Å². The fourth-order valence-electron chi connectivity index (χ4n) is 2.50. The van der Waals surface area contributed by atoms with Gasteiger partial charge in [-0.05, 0) is 37.5 Å². The van der Waals surface area contributed by atoms with Gasteiger partial charge in [-0.1, -0.05) is 12.1 Å². The van der Waals surface area contributed by atoms with E-state index < -0.39 is 0 Å². The van der Waals surface area contributed by atoms with Crippen LogP contribution < -0.4 is 16.4 Å². The summed E-state index contributed by atoms with van der Waals surface area (Å²) < 4.78 is 5.49. The lowest BCUT2D eigenvalue weighted by atomic mass is 10.1. The highest BCUT2D eigenvalue weighted by Gasteiger charge is 2.16. The molecule has 0 saturated carbocycles. The van der Waals surface area contributed by atoms with Crippen LogP contribution in [0.1, 0.15) is 42.1 Å². The summed E-state index contributed by atoms with van der Waals surface area (Å²) in [5.74, 6) is -0.211. The minimum atomic E-state index is -0.162. The molecule has 0 aromatic heterocycles. The first-order valence-corrected chi connectivity index (χ1v) is 8.05. The predicted octanol–water partition coefficient (Wildman–Crippen LogP) is 0.949. The minimum Gasteiger partial charge on any atom is -0.376 e. The largest absolute Gasteiger partial charge is 0.376 e. The van der Waals surface area contributed by atoms with E-state index in [9.17, 15) is 9.59 Å². The molecule has 1 fully saturated rings. The van der Waals surface area contributed by atoms with Crippen LogP contribution in [0.25, 0.3) is 0 Å². The molecule has 2 unspecified atom stereocenters. The second kappa shape index (κ2) is 8.64. The number of carbonyl (C=O) groups excluding carboxylic acids is 2. The summed E-state index contributed by atoms with van der Waals surface area (Å²) in [6.07, 6.45) is 2.46. The van der Waals surface area contributed by atoms with Crippen molar-refractivity contribution >= 4 is 11.8 Å². The topological polar surface area (TPSA) is 93.5 Å². The molecule has 1 aliphatic heterocycles. The van der Waals surface area contributed by atoms with E-state index in [1.165, 1.54) is 0 Å². The Morgan fingerprint density at radius 2 is 2.22 bits per heavy atom. The molecule has 1 aliphatic rings. The van der Waals surface area contributed by atoms with Gasteiger partial charge in [-0.25, -0.2) is 0 Å². The molecule has 1 heterocycles. The van der Waals surface area contributed by atoms with Crippen LogP contribution in [0, 0.1) is 0 Å². The predicted molar refractivity (Wildman–Crippen MR) is 87.9 cm³/mol. The highest BCUT2D eigenvalue weighted by Crippen LogP contribution is 2.11. The van der Waals surface area contributed by atoms with Crippen molar-refractivity contribution in [3.63, 3.8) is 0 Å². The fraction of sp³-hybridized carbons (Fsp3) is 0.529. The summed E-state index contributed by atoms with van der Waals surface area (Å²) in [5.41, 5.74) is 7.05. The van der Waals surface area contributed by atoms with Gasteiger partial charge in [0.2, 0.25) is 5.91 Å². The SMILES string of the molecule is CC(N)CC(=O)NCc1cccc(C(=O)NCC2CCCO2)c1.